The number of rotatable bonds is 7. The Balaban J connectivity index is 1.46. The lowest BCUT2D eigenvalue weighted by Gasteiger charge is -2.34. The topological polar surface area (TPSA) is 35.6 Å². The second-order valence-electron chi connectivity index (χ2n) is 7.45. The van der Waals surface area contributed by atoms with Crippen molar-refractivity contribution in [1.82, 2.24) is 15.1 Å². The molecule has 0 radical (unpaired) electrons. The van der Waals surface area contributed by atoms with Gasteiger partial charge in [-0.15, -0.1) is 11.3 Å². The van der Waals surface area contributed by atoms with Gasteiger partial charge >= 0.3 is 0 Å². The number of nitrogens with one attached hydrogen (secondary N) is 1. The molecule has 1 aromatic heterocycles. The van der Waals surface area contributed by atoms with Gasteiger partial charge in [-0.05, 0) is 23.4 Å². The van der Waals surface area contributed by atoms with Crippen molar-refractivity contribution in [2.45, 2.75) is 26.4 Å². The minimum Gasteiger partial charge on any atom is -0.347 e. The minimum atomic E-state index is -0.146. The van der Waals surface area contributed by atoms with Gasteiger partial charge in [0.25, 0.3) is 0 Å². The van der Waals surface area contributed by atoms with Crippen molar-refractivity contribution in [3.8, 4) is 0 Å². The van der Waals surface area contributed by atoms with Crippen LogP contribution in [0.3, 0.4) is 0 Å². The van der Waals surface area contributed by atoms with Gasteiger partial charge in [0.15, 0.2) is 0 Å². The Morgan fingerprint density at radius 2 is 1.81 bits per heavy atom. The number of carbonyl (C=O) groups excluding carboxylic acids is 1. The molecule has 6 heteroatoms. The van der Waals surface area contributed by atoms with E-state index in [9.17, 15) is 9.18 Å². The predicted octanol–water partition coefficient (Wildman–Crippen LogP) is 3.52. The van der Waals surface area contributed by atoms with Crippen molar-refractivity contribution in [2.75, 3.05) is 32.7 Å². The van der Waals surface area contributed by atoms with Crippen molar-refractivity contribution in [3.63, 3.8) is 0 Å². The van der Waals surface area contributed by atoms with Gasteiger partial charge < -0.3 is 5.32 Å². The molecule has 2 aromatic rings. The molecule has 1 aliphatic heterocycles. The van der Waals surface area contributed by atoms with Crippen molar-refractivity contribution >= 4 is 17.2 Å². The summed E-state index contributed by atoms with van der Waals surface area (Å²) in [7, 11) is 0. The molecule has 27 heavy (non-hydrogen) atoms. The zero-order valence-corrected chi connectivity index (χ0v) is 16.8. The summed E-state index contributed by atoms with van der Waals surface area (Å²) in [6.07, 6.45) is 0. The van der Waals surface area contributed by atoms with Gasteiger partial charge in [-0.1, -0.05) is 38.1 Å². The summed E-state index contributed by atoms with van der Waals surface area (Å²) in [6.45, 7) is 8.65. The smallest absolute Gasteiger partial charge is 0.234 e. The van der Waals surface area contributed by atoms with Crippen molar-refractivity contribution in [1.29, 1.82) is 0 Å². The van der Waals surface area contributed by atoms with Crippen LogP contribution in [0.2, 0.25) is 0 Å². The molecule has 1 unspecified atom stereocenters. The number of halogens is 1. The number of carbonyl (C=O) groups is 1. The lowest BCUT2D eigenvalue weighted by Crippen LogP contribution is -2.49. The Hall–Kier alpha value is -1.76. The quantitative estimate of drug-likeness (QED) is 0.787. The van der Waals surface area contributed by atoms with Gasteiger partial charge in [-0.3, -0.25) is 14.6 Å². The highest BCUT2D eigenvalue weighted by molar-refractivity contribution is 7.10. The van der Waals surface area contributed by atoms with Crippen LogP contribution in [-0.2, 0) is 11.3 Å². The highest BCUT2D eigenvalue weighted by Gasteiger charge is 2.23. The maximum atomic E-state index is 13.8. The third-order valence-corrected chi connectivity index (χ3v) is 5.97. The first kappa shape index (κ1) is 20.0. The van der Waals surface area contributed by atoms with Crippen LogP contribution in [0.1, 0.15) is 30.3 Å². The molecular formula is C21H28FN3OS. The third kappa shape index (κ3) is 5.61. The molecule has 2 heterocycles. The molecule has 0 spiro atoms. The molecule has 1 aromatic carbocycles. The van der Waals surface area contributed by atoms with E-state index >= 15 is 0 Å². The normalized spacial score (nSPS) is 17.2. The van der Waals surface area contributed by atoms with E-state index in [1.807, 2.05) is 23.6 Å². The Kier molecular flexibility index (Phi) is 6.99. The monoisotopic (exact) mass is 389 g/mol. The summed E-state index contributed by atoms with van der Waals surface area (Å²) in [5, 5.41) is 5.24. The standard InChI is InChI=1S/C21H28FN3OS/c1-16(2)21(19-8-5-13-27-19)23-20(26)15-25-11-9-24(10-12-25)14-17-6-3-4-7-18(17)22/h3-8,13,16,21H,9-12,14-15H2,1-2H3,(H,23,26). The van der Waals surface area contributed by atoms with E-state index in [0.717, 1.165) is 31.7 Å². The molecule has 1 amide bonds. The first-order valence-electron chi connectivity index (χ1n) is 9.54. The van der Waals surface area contributed by atoms with E-state index in [1.54, 1.807) is 17.4 Å². The number of thiophene rings is 1. The van der Waals surface area contributed by atoms with Crippen molar-refractivity contribution < 1.29 is 9.18 Å². The molecule has 1 fully saturated rings. The Morgan fingerprint density at radius 1 is 1.11 bits per heavy atom. The molecule has 1 aliphatic rings. The van der Waals surface area contributed by atoms with Crippen molar-refractivity contribution in [3.05, 3.63) is 58.0 Å². The van der Waals surface area contributed by atoms with Crippen LogP contribution in [0.5, 0.6) is 0 Å². The first-order chi connectivity index (χ1) is 13.0. The van der Waals surface area contributed by atoms with Gasteiger partial charge in [-0.2, -0.15) is 0 Å². The maximum Gasteiger partial charge on any atom is 0.234 e. The lowest BCUT2D eigenvalue weighted by molar-refractivity contribution is -0.123. The second kappa shape index (κ2) is 9.44. The molecule has 1 saturated heterocycles. The second-order valence-corrected chi connectivity index (χ2v) is 8.43. The maximum absolute atomic E-state index is 13.8. The van der Waals surface area contributed by atoms with Gasteiger partial charge in [0.1, 0.15) is 5.82 Å². The SMILES string of the molecule is CC(C)C(NC(=O)CN1CCN(Cc2ccccc2F)CC1)c1cccs1. The molecule has 0 aliphatic carbocycles. The molecule has 3 rings (SSSR count). The van der Waals surface area contributed by atoms with Gasteiger partial charge in [-0.25, -0.2) is 4.39 Å². The number of hydrogen-bond donors (Lipinski definition) is 1. The minimum absolute atomic E-state index is 0.0693. The van der Waals surface area contributed by atoms with E-state index < -0.39 is 0 Å². The summed E-state index contributed by atoms with van der Waals surface area (Å²) >= 11 is 1.68. The molecule has 4 nitrogen and oxygen atoms in total. The molecular weight excluding hydrogens is 361 g/mol. The zero-order chi connectivity index (χ0) is 19.2. The molecule has 1 atom stereocenters. The number of hydrogen-bond acceptors (Lipinski definition) is 4. The number of piperazine rings is 1. The van der Waals surface area contributed by atoms with E-state index in [0.29, 0.717) is 19.0 Å². The summed E-state index contributed by atoms with van der Waals surface area (Å²) in [5.41, 5.74) is 0.736. The Bertz CT molecular complexity index is 727. The fourth-order valence-corrected chi connectivity index (χ4v) is 4.38. The molecule has 1 N–H and O–H groups in total. The highest BCUT2D eigenvalue weighted by Crippen LogP contribution is 2.25. The largest absolute Gasteiger partial charge is 0.347 e. The number of nitrogens with zero attached hydrogens (tertiary/aromatic N) is 2. The Morgan fingerprint density at radius 3 is 2.44 bits per heavy atom. The predicted molar refractivity (Wildman–Crippen MR) is 108 cm³/mol. The Labute approximate surface area is 165 Å². The summed E-state index contributed by atoms with van der Waals surface area (Å²) in [4.78, 5) is 18.2. The average molecular weight is 390 g/mol. The van der Waals surface area contributed by atoms with Gasteiger partial charge in [0, 0.05) is 43.2 Å². The van der Waals surface area contributed by atoms with E-state index in [2.05, 4.69) is 35.0 Å². The van der Waals surface area contributed by atoms with Crippen LogP contribution in [0, 0.1) is 11.7 Å². The van der Waals surface area contributed by atoms with E-state index in [-0.39, 0.29) is 17.8 Å². The summed E-state index contributed by atoms with van der Waals surface area (Å²) in [6, 6.07) is 11.1. The average Bonchev–Trinajstić information content (AvgIpc) is 3.17. The zero-order valence-electron chi connectivity index (χ0n) is 16.0. The summed E-state index contributed by atoms with van der Waals surface area (Å²) in [5.74, 6) is 0.280. The fraction of sp³-hybridized carbons (Fsp3) is 0.476. The van der Waals surface area contributed by atoms with E-state index in [4.69, 9.17) is 0 Å². The molecule has 0 bridgehead atoms. The number of benzene rings is 1. The fourth-order valence-electron chi connectivity index (χ4n) is 3.43. The van der Waals surface area contributed by atoms with Gasteiger partial charge in [0.05, 0.1) is 12.6 Å². The van der Waals surface area contributed by atoms with Crippen LogP contribution >= 0.6 is 11.3 Å². The van der Waals surface area contributed by atoms with E-state index in [1.165, 1.54) is 10.9 Å². The third-order valence-electron chi connectivity index (χ3n) is 5.02. The van der Waals surface area contributed by atoms with Gasteiger partial charge in [0.2, 0.25) is 5.91 Å². The van der Waals surface area contributed by atoms with Crippen LogP contribution in [-0.4, -0.2) is 48.4 Å². The van der Waals surface area contributed by atoms with Crippen LogP contribution in [0.15, 0.2) is 41.8 Å². The molecule has 146 valence electrons. The van der Waals surface area contributed by atoms with Crippen LogP contribution in [0.4, 0.5) is 4.39 Å². The van der Waals surface area contributed by atoms with Crippen LogP contribution in [0.25, 0.3) is 0 Å². The van der Waals surface area contributed by atoms with Crippen LogP contribution < -0.4 is 5.32 Å². The highest BCUT2D eigenvalue weighted by atomic mass is 32.1. The summed E-state index contributed by atoms with van der Waals surface area (Å²) < 4.78 is 13.8. The number of amides is 1. The lowest BCUT2D eigenvalue weighted by atomic mass is 10.0. The first-order valence-corrected chi connectivity index (χ1v) is 10.4. The van der Waals surface area contributed by atoms with Crippen molar-refractivity contribution in [2.24, 2.45) is 5.92 Å². The molecule has 0 saturated carbocycles.